The van der Waals surface area contributed by atoms with Crippen LogP contribution in [0.2, 0.25) is 0 Å². The van der Waals surface area contributed by atoms with Crippen molar-refractivity contribution >= 4 is 10.9 Å². The minimum Gasteiger partial charge on any atom is -0.384 e. The normalized spacial score (nSPS) is 17.4. The Morgan fingerprint density at radius 2 is 2.14 bits per heavy atom. The van der Waals surface area contributed by atoms with Crippen LogP contribution in [0.3, 0.4) is 0 Å². The van der Waals surface area contributed by atoms with Gasteiger partial charge in [-0.15, -0.1) is 0 Å². The van der Waals surface area contributed by atoms with Crippen LogP contribution in [-0.4, -0.2) is 23.3 Å². The van der Waals surface area contributed by atoms with Crippen molar-refractivity contribution in [3.05, 3.63) is 40.7 Å². The number of benzene rings is 1. The Bertz CT molecular complexity index is 705. The van der Waals surface area contributed by atoms with E-state index in [1.807, 2.05) is 0 Å². The van der Waals surface area contributed by atoms with E-state index in [9.17, 15) is 9.18 Å². The zero-order chi connectivity index (χ0) is 14.9. The fraction of sp³-hybridized carbons (Fsp3) is 0.500. The molecule has 1 aromatic heterocycles. The van der Waals surface area contributed by atoms with E-state index in [0.29, 0.717) is 24.1 Å². The summed E-state index contributed by atoms with van der Waals surface area (Å²) in [5.41, 5.74) is 0.319. The van der Waals surface area contributed by atoms with Gasteiger partial charge in [-0.1, -0.05) is 12.8 Å². The Balaban J connectivity index is 1.99. The summed E-state index contributed by atoms with van der Waals surface area (Å²) in [7, 11) is 1.70. The lowest BCUT2D eigenvalue weighted by Crippen LogP contribution is -2.34. The third-order valence-corrected chi connectivity index (χ3v) is 4.41. The van der Waals surface area contributed by atoms with Gasteiger partial charge in [0.05, 0.1) is 23.8 Å². The van der Waals surface area contributed by atoms with Gasteiger partial charge in [-0.25, -0.2) is 9.37 Å². The molecule has 1 aliphatic rings. The first kappa shape index (κ1) is 14.2. The molecular weight excluding hydrogens is 271 g/mol. The number of hydrogen-bond donors (Lipinski definition) is 0. The molecule has 112 valence electrons. The van der Waals surface area contributed by atoms with Gasteiger partial charge in [0.2, 0.25) is 0 Å². The van der Waals surface area contributed by atoms with Gasteiger partial charge in [0.1, 0.15) is 5.82 Å². The van der Waals surface area contributed by atoms with Crippen LogP contribution in [0.4, 0.5) is 4.39 Å². The molecule has 2 aromatic rings. The molecule has 1 aliphatic carbocycles. The van der Waals surface area contributed by atoms with Crippen LogP contribution in [0.25, 0.3) is 10.9 Å². The average Bonchev–Trinajstić information content (AvgIpc) is 2.91. The molecule has 0 amide bonds. The van der Waals surface area contributed by atoms with Crippen molar-refractivity contribution in [1.82, 2.24) is 9.55 Å². The summed E-state index contributed by atoms with van der Waals surface area (Å²) in [6.07, 6.45) is 6.00. The maximum atomic E-state index is 13.2. The van der Waals surface area contributed by atoms with Crippen molar-refractivity contribution in [2.24, 2.45) is 5.41 Å². The monoisotopic (exact) mass is 290 g/mol. The number of hydrogen-bond acceptors (Lipinski definition) is 3. The zero-order valence-corrected chi connectivity index (χ0v) is 12.1. The summed E-state index contributed by atoms with van der Waals surface area (Å²) < 4.78 is 20.2. The number of aromatic nitrogens is 2. The molecule has 0 bridgehead atoms. The second kappa shape index (κ2) is 5.56. The topological polar surface area (TPSA) is 44.1 Å². The number of methoxy groups -OCH3 is 1. The van der Waals surface area contributed by atoms with Gasteiger partial charge in [-0.3, -0.25) is 9.36 Å². The minimum absolute atomic E-state index is 0.0218. The Hall–Kier alpha value is -1.75. The molecular formula is C16H19FN2O2. The Morgan fingerprint density at radius 3 is 2.86 bits per heavy atom. The van der Waals surface area contributed by atoms with E-state index in [4.69, 9.17) is 4.74 Å². The molecule has 21 heavy (non-hydrogen) atoms. The van der Waals surface area contributed by atoms with Gasteiger partial charge in [0, 0.05) is 25.1 Å². The summed E-state index contributed by atoms with van der Waals surface area (Å²) in [5, 5.41) is 0.462. The lowest BCUT2D eigenvalue weighted by atomic mass is 9.87. The Morgan fingerprint density at radius 1 is 1.38 bits per heavy atom. The summed E-state index contributed by atoms with van der Waals surface area (Å²) >= 11 is 0. The fourth-order valence-electron chi connectivity index (χ4n) is 3.38. The third kappa shape index (κ3) is 2.70. The molecule has 3 rings (SSSR count). The molecule has 1 aromatic carbocycles. The average molecular weight is 290 g/mol. The van der Waals surface area contributed by atoms with E-state index in [2.05, 4.69) is 4.98 Å². The molecule has 0 unspecified atom stereocenters. The molecule has 5 heteroatoms. The molecule has 0 aliphatic heterocycles. The Labute approximate surface area is 122 Å². The SMILES string of the molecule is COCC1(Cn2cnc3cc(F)ccc3c2=O)CCCC1. The van der Waals surface area contributed by atoms with Crippen molar-refractivity contribution in [2.75, 3.05) is 13.7 Å². The van der Waals surface area contributed by atoms with Crippen LogP contribution in [0.5, 0.6) is 0 Å². The van der Waals surface area contributed by atoms with E-state index < -0.39 is 0 Å². The van der Waals surface area contributed by atoms with Crippen molar-refractivity contribution in [3.63, 3.8) is 0 Å². The summed E-state index contributed by atoms with van der Waals surface area (Å²) in [6.45, 7) is 1.26. The molecule has 1 heterocycles. The van der Waals surface area contributed by atoms with Gasteiger partial charge in [0.25, 0.3) is 5.56 Å². The highest BCUT2D eigenvalue weighted by Gasteiger charge is 2.34. The van der Waals surface area contributed by atoms with E-state index in [1.165, 1.54) is 37.4 Å². The van der Waals surface area contributed by atoms with E-state index >= 15 is 0 Å². The number of nitrogens with zero attached hydrogens (tertiary/aromatic N) is 2. The highest BCUT2D eigenvalue weighted by Crippen LogP contribution is 2.39. The van der Waals surface area contributed by atoms with E-state index in [0.717, 1.165) is 12.8 Å². The fourth-order valence-corrected chi connectivity index (χ4v) is 3.38. The van der Waals surface area contributed by atoms with Crippen molar-refractivity contribution < 1.29 is 9.13 Å². The molecule has 1 saturated carbocycles. The third-order valence-electron chi connectivity index (χ3n) is 4.41. The van der Waals surface area contributed by atoms with E-state index in [1.54, 1.807) is 11.7 Å². The first-order chi connectivity index (χ1) is 10.1. The molecule has 0 atom stereocenters. The molecule has 0 N–H and O–H groups in total. The maximum Gasteiger partial charge on any atom is 0.261 e. The van der Waals surface area contributed by atoms with Crippen molar-refractivity contribution in [3.8, 4) is 0 Å². The van der Waals surface area contributed by atoms with Crippen LogP contribution in [0.15, 0.2) is 29.3 Å². The van der Waals surface area contributed by atoms with Gasteiger partial charge >= 0.3 is 0 Å². The highest BCUT2D eigenvalue weighted by atomic mass is 19.1. The second-order valence-corrected chi connectivity index (χ2v) is 5.98. The van der Waals surface area contributed by atoms with Crippen molar-refractivity contribution in [2.45, 2.75) is 32.2 Å². The van der Waals surface area contributed by atoms with Crippen LogP contribution in [-0.2, 0) is 11.3 Å². The number of rotatable bonds is 4. The quantitative estimate of drug-likeness (QED) is 0.869. The van der Waals surface area contributed by atoms with Gasteiger partial charge < -0.3 is 4.74 Å². The second-order valence-electron chi connectivity index (χ2n) is 5.98. The van der Waals surface area contributed by atoms with Crippen molar-refractivity contribution in [1.29, 1.82) is 0 Å². The van der Waals surface area contributed by atoms with E-state index in [-0.39, 0.29) is 16.8 Å². The lowest BCUT2D eigenvalue weighted by molar-refractivity contribution is 0.0689. The Kier molecular flexibility index (Phi) is 3.76. The molecule has 0 spiro atoms. The van der Waals surface area contributed by atoms with Gasteiger partial charge in [-0.05, 0) is 25.0 Å². The highest BCUT2D eigenvalue weighted by molar-refractivity contribution is 5.77. The van der Waals surface area contributed by atoms with Gasteiger partial charge in [-0.2, -0.15) is 0 Å². The first-order valence-corrected chi connectivity index (χ1v) is 7.27. The first-order valence-electron chi connectivity index (χ1n) is 7.27. The van der Waals surface area contributed by atoms with Gasteiger partial charge in [0.15, 0.2) is 0 Å². The molecule has 0 radical (unpaired) electrons. The zero-order valence-electron chi connectivity index (χ0n) is 12.1. The lowest BCUT2D eigenvalue weighted by Gasteiger charge is -2.28. The van der Waals surface area contributed by atoms with Crippen LogP contribution in [0.1, 0.15) is 25.7 Å². The van der Waals surface area contributed by atoms with Crippen LogP contribution < -0.4 is 5.56 Å². The summed E-state index contributed by atoms with van der Waals surface area (Å²) in [5.74, 6) is -0.376. The summed E-state index contributed by atoms with van der Waals surface area (Å²) in [6, 6.07) is 4.10. The summed E-state index contributed by atoms with van der Waals surface area (Å²) in [4.78, 5) is 16.8. The number of halogens is 1. The maximum absolute atomic E-state index is 13.2. The van der Waals surface area contributed by atoms with Crippen LogP contribution >= 0.6 is 0 Å². The number of ether oxygens (including phenoxy) is 1. The largest absolute Gasteiger partial charge is 0.384 e. The van der Waals surface area contributed by atoms with Crippen LogP contribution in [0, 0.1) is 11.2 Å². The molecule has 1 fully saturated rings. The standard InChI is InChI=1S/C16H19FN2O2/c1-21-10-16(6-2-3-7-16)9-19-11-18-14-8-12(17)4-5-13(14)15(19)20/h4-5,8,11H,2-3,6-7,9-10H2,1H3. The molecule has 0 saturated heterocycles. The predicted molar refractivity (Wildman–Crippen MR) is 78.7 cm³/mol. The molecule has 4 nitrogen and oxygen atoms in total. The predicted octanol–water partition coefficient (Wildman–Crippen LogP) is 2.74. The smallest absolute Gasteiger partial charge is 0.261 e. The number of fused-ring (bicyclic) bond motifs is 1. The minimum atomic E-state index is -0.376.